The lowest BCUT2D eigenvalue weighted by atomic mass is 10.3. The zero-order valence-corrected chi connectivity index (χ0v) is 4.87. The molecule has 0 saturated heterocycles. The lowest BCUT2D eigenvalue weighted by molar-refractivity contribution is -0.0441. The monoisotopic (exact) mass is 149 g/mol. The van der Waals surface area contributed by atoms with Crippen molar-refractivity contribution in [2.75, 3.05) is 0 Å². The Hall–Kier alpha value is -0.285. The van der Waals surface area contributed by atoms with E-state index in [2.05, 4.69) is 0 Å². The molecule has 0 aliphatic carbocycles. The molecule has 0 radical (unpaired) electrons. The zero-order valence-electron chi connectivity index (χ0n) is 4.87. The van der Waals surface area contributed by atoms with Crippen molar-refractivity contribution in [1.29, 1.82) is 0 Å². The molecule has 9 heavy (non-hydrogen) atoms. The molecule has 0 spiro atoms. The van der Waals surface area contributed by atoms with E-state index < -0.39 is 7.32 Å². The molecule has 7 nitrogen and oxygen atoms in total. The second kappa shape index (κ2) is 47.2. The minimum absolute atomic E-state index is 0. The number of rotatable bonds is 0. The van der Waals surface area contributed by atoms with Crippen LogP contribution in [-0.2, 0) is 0 Å². The Morgan fingerprint density at radius 1 is 0.778 bits per heavy atom. The number of halogens is 1. The molecule has 0 rings (SSSR count). The van der Waals surface area contributed by atoms with Gasteiger partial charge >= 0.3 is 7.32 Å². The van der Waals surface area contributed by atoms with E-state index in [1.165, 1.54) is 0 Å². The summed E-state index contributed by atoms with van der Waals surface area (Å²) in [6.07, 6.45) is 0. The molecule has 0 amide bonds. The molecule has 0 heterocycles. The van der Waals surface area contributed by atoms with Crippen LogP contribution in [0.15, 0.2) is 0 Å². The third kappa shape index (κ3) is 3100. The van der Waals surface area contributed by atoms with Crippen molar-refractivity contribution in [3.63, 3.8) is 0 Å². The van der Waals surface area contributed by atoms with Gasteiger partial charge in [0.15, 0.2) is 0 Å². The van der Waals surface area contributed by atoms with Gasteiger partial charge in [0.2, 0.25) is 0 Å². The summed E-state index contributed by atoms with van der Waals surface area (Å²) in [5.41, 5.74) is 0. The summed E-state index contributed by atoms with van der Waals surface area (Å²) in [5.74, 6) is 0. The maximum absolute atomic E-state index is 8.50. The predicted octanol–water partition coefficient (Wildman–Crippen LogP) is -1.70. The molecule has 0 aliphatic heterocycles. The fraction of sp³-hybridized carbons (Fsp3) is 0. The minimum atomic E-state index is -2.17. The van der Waals surface area contributed by atoms with Crippen molar-refractivity contribution >= 4 is 7.32 Å². The highest BCUT2D eigenvalue weighted by Gasteiger charge is 1.92. The molecule has 0 atom stereocenters. The van der Waals surface area contributed by atoms with Gasteiger partial charge in [-0.3, -0.25) is 0 Å². The standard InChI is InChI=1S/BH3O3.FHO.3H3N/c2-1(3)4;1-2;;;/h2-4H;2H;3*1H3. The van der Waals surface area contributed by atoms with Crippen LogP contribution in [0.2, 0.25) is 0 Å². The van der Waals surface area contributed by atoms with E-state index in [9.17, 15) is 0 Å². The molecule has 0 aromatic carbocycles. The summed E-state index contributed by atoms with van der Waals surface area (Å²) in [5, 5.41) is 27.0. The molecule has 0 aromatic rings. The van der Waals surface area contributed by atoms with Gasteiger partial charge in [-0.15, -0.1) is 0 Å². The topological polar surface area (TPSA) is 186 Å². The lowest BCUT2D eigenvalue weighted by Gasteiger charge is -1.69. The Morgan fingerprint density at radius 2 is 0.778 bits per heavy atom. The molecule has 0 aromatic heterocycles. The molecule has 13 N–H and O–H groups in total. The van der Waals surface area contributed by atoms with E-state index in [0.29, 0.717) is 0 Å². The zero-order chi connectivity index (χ0) is 5.58. The quantitative estimate of drug-likeness (QED) is 0.200. The molecule has 0 fully saturated rings. The van der Waals surface area contributed by atoms with E-state index in [-0.39, 0.29) is 18.5 Å². The van der Waals surface area contributed by atoms with Gasteiger partial charge in [0.05, 0.1) is 0 Å². The highest BCUT2D eigenvalue weighted by molar-refractivity contribution is 6.30. The van der Waals surface area contributed by atoms with Crippen LogP contribution in [0.5, 0.6) is 0 Å². The first kappa shape index (κ1) is 37.6. The van der Waals surface area contributed by atoms with Crippen LogP contribution in [0, 0.1) is 0 Å². The number of hydrogen-bond donors (Lipinski definition) is 7. The highest BCUT2D eigenvalue weighted by Crippen LogP contribution is 1.40. The fourth-order valence-corrected chi connectivity index (χ4v) is 0. The molecular weight excluding hydrogens is 136 g/mol. The van der Waals surface area contributed by atoms with Crippen LogP contribution >= 0.6 is 0 Å². The van der Waals surface area contributed by atoms with Crippen molar-refractivity contribution in [3.8, 4) is 0 Å². The molecule has 0 bridgehead atoms. The van der Waals surface area contributed by atoms with Gasteiger partial charge < -0.3 is 33.5 Å². The van der Waals surface area contributed by atoms with E-state index in [0.717, 1.165) is 0 Å². The van der Waals surface area contributed by atoms with Crippen LogP contribution in [0.25, 0.3) is 0 Å². The number of hydrogen-bond acceptors (Lipinski definition) is 7. The second-order valence-electron chi connectivity index (χ2n) is 0.346. The first-order valence-corrected chi connectivity index (χ1v) is 0.944. The average molecular weight is 149 g/mol. The highest BCUT2D eigenvalue weighted by atomic mass is 19.3. The average Bonchev–Trinajstić information content (AvgIpc) is 1.41. The van der Waals surface area contributed by atoms with Crippen LogP contribution in [0.1, 0.15) is 0 Å². The van der Waals surface area contributed by atoms with E-state index in [1.54, 1.807) is 0 Å². The second-order valence-corrected chi connectivity index (χ2v) is 0.346. The van der Waals surface area contributed by atoms with Gasteiger partial charge in [0.1, 0.15) is 0 Å². The minimum Gasteiger partial charge on any atom is -0.402 e. The summed E-state index contributed by atoms with van der Waals surface area (Å²) in [6, 6.07) is 0. The van der Waals surface area contributed by atoms with E-state index in [1.807, 2.05) is 0 Å². The Bertz CT molecular complexity index is 20.5. The van der Waals surface area contributed by atoms with E-state index in [4.69, 9.17) is 24.9 Å². The Morgan fingerprint density at radius 3 is 0.778 bits per heavy atom. The van der Waals surface area contributed by atoms with Crippen LogP contribution in [0.4, 0.5) is 4.53 Å². The van der Waals surface area contributed by atoms with Crippen molar-refractivity contribution in [2.24, 2.45) is 0 Å². The largest absolute Gasteiger partial charge is 0.631 e. The SMILES string of the molecule is N.N.N.OB(O)O.OF. The molecule has 0 saturated carbocycles. The van der Waals surface area contributed by atoms with Crippen molar-refractivity contribution in [1.82, 2.24) is 18.5 Å². The van der Waals surface area contributed by atoms with Crippen LogP contribution in [0.3, 0.4) is 0 Å². The smallest absolute Gasteiger partial charge is 0.402 e. The van der Waals surface area contributed by atoms with Crippen molar-refractivity contribution in [3.05, 3.63) is 0 Å². The summed E-state index contributed by atoms with van der Waals surface area (Å²) in [7, 11) is -2.17. The first-order chi connectivity index (χ1) is 2.73. The molecule has 9 heteroatoms. The Balaban J connectivity index is -0.00000000990. The predicted molar refractivity (Wildman–Crippen MR) is 30.8 cm³/mol. The summed E-state index contributed by atoms with van der Waals surface area (Å²) in [4.78, 5) is 0. The first-order valence-electron chi connectivity index (χ1n) is 0.944. The van der Waals surface area contributed by atoms with Crippen molar-refractivity contribution < 1.29 is 24.9 Å². The summed E-state index contributed by atoms with van der Waals surface area (Å²) in [6.45, 7) is 0. The van der Waals surface area contributed by atoms with Crippen LogP contribution in [-0.4, -0.2) is 27.7 Å². The normalized spacial score (nSPS) is 3.67. The Kier molecular flexibility index (Phi) is 197. The lowest BCUT2D eigenvalue weighted by Crippen LogP contribution is -2.07. The van der Waals surface area contributed by atoms with Gasteiger partial charge in [0, 0.05) is 0 Å². The molecule has 62 valence electrons. The molecular formula is H13BFN3O4. The van der Waals surface area contributed by atoms with Crippen LogP contribution < -0.4 is 18.5 Å². The van der Waals surface area contributed by atoms with Crippen molar-refractivity contribution in [2.45, 2.75) is 0 Å². The molecule has 0 aliphatic rings. The van der Waals surface area contributed by atoms with Gasteiger partial charge in [-0.2, -0.15) is 0 Å². The van der Waals surface area contributed by atoms with E-state index >= 15 is 0 Å². The third-order valence-corrected chi connectivity index (χ3v) is 0. The maximum atomic E-state index is 8.50. The Labute approximate surface area is 52.0 Å². The van der Waals surface area contributed by atoms with Gasteiger partial charge in [-0.1, -0.05) is 4.53 Å². The molecule has 0 unspecified atom stereocenters. The fourth-order valence-electron chi connectivity index (χ4n) is 0. The maximum Gasteiger partial charge on any atom is 0.631 e. The third-order valence-electron chi connectivity index (χ3n) is 0. The summed E-state index contributed by atoms with van der Waals surface area (Å²) >= 11 is 0. The van der Waals surface area contributed by atoms with Gasteiger partial charge in [0.25, 0.3) is 0 Å². The summed E-state index contributed by atoms with van der Waals surface area (Å²) < 4.78 is 8.50. The van der Waals surface area contributed by atoms with Gasteiger partial charge in [-0.05, 0) is 0 Å². The van der Waals surface area contributed by atoms with Gasteiger partial charge in [-0.25, -0.2) is 5.31 Å².